The first-order valence-corrected chi connectivity index (χ1v) is 7.42. The monoisotopic (exact) mass is 275 g/mol. The minimum absolute atomic E-state index is 0.216. The maximum atomic E-state index is 13.7. The van der Waals surface area contributed by atoms with Crippen LogP contribution in [0.1, 0.15) is 44.7 Å². The number of imidazole rings is 1. The molecule has 4 heteroatoms. The summed E-state index contributed by atoms with van der Waals surface area (Å²) in [7, 11) is 0. The van der Waals surface area contributed by atoms with Crippen LogP contribution in [0, 0.1) is 24.6 Å². The molecular formula is C16H22FN3. The van der Waals surface area contributed by atoms with Crippen LogP contribution in [0.25, 0.3) is 11.0 Å². The first kappa shape index (κ1) is 13.4. The van der Waals surface area contributed by atoms with Crippen LogP contribution in [0.3, 0.4) is 0 Å². The smallest absolute Gasteiger partial charge is 0.201 e. The van der Waals surface area contributed by atoms with Gasteiger partial charge < -0.3 is 10.3 Å². The molecule has 0 radical (unpaired) electrons. The predicted molar refractivity (Wildman–Crippen MR) is 80.1 cm³/mol. The van der Waals surface area contributed by atoms with Gasteiger partial charge >= 0.3 is 0 Å². The highest BCUT2D eigenvalue weighted by Gasteiger charge is 2.30. The molecule has 0 amide bonds. The molecule has 1 aliphatic rings. The van der Waals surface area contributed by atoms with Crippen molar-refractivity contribution in [1.82, 2.24) is 9.55 Å². The molecule has 0 aliphatic heterocycles. The minimum Gasteiger partial charge on any atom is -0.369 e. The molecule has 1 heterocycles. The number of aryl methyl sites for hydroxylation is 1. The summed E-state index contributed by atoms with van der Waals surface area (Å²) in [5.74, 6) is 1.55. The van der Waals surface area contributed by atoms with Gasteiger partial charge in [0.05, 0.1) is 11.0 Å². The number of nitrogens with zero attached hydrogens (tertiary/aromatic N) is 2. The Balaban J connectivity index is 2.15. The van der Waals surface area contributed by atoms with Crippen molar-refractivity contribution in [3.63, 3.8) is 0 Å². The molecule has 108 valence electrons. The fourth-order valence-corrected chi connectivity index (χ4v) is 3.51. The van der Waals surface area contributed by atoms with Crippen molar-refractivity contribution in [2.24, 2.45) is 11.8 Å². The maximum Gasteiger partial charge on any atom is 0.201 e. The number of rotatable bonds is 1. The van der Waals surface area contributed by atoms with E-state index in [1.807, 2.05) is 6.07 Å². The third kappa shape index (κ3) is 1.98. The molecule has 1 saturated carbocycles. The summed E-state index contributed by atoms with van der Waals surface area (Å²) in [4.78, 5) is 4.35. The van der Waals surface area contributed by atoms with Crippen molar-refractivity contribution in [3.8, 4) is 0 Å². The summed E-state index contributed by atoms with van der Waals surface area (Å²) in [6.07, 6.45) is 3.62. The second-order valence-corrected chi connectivity index (χ2v) is 6.26. The lowest BCUT2D eigenvalue weighted by Crippen LogP contribution is -2.27. The van der Waals surface area contributed by atoms with Crippen LogP contribution in [-0.2, 0) is 0 Å². The Hall–Kier alpha value is -1.58. The Kier molecular flexibility index (Phi) is 3.19. The number of aromatic nitrogens is 2. The molecule has 0 saturated heterocycles. The summed E-state index contributed by atoms with van der Waals surface area (Å²) in [5, 5.41) is 0. The van der Waals surface area contributed by atoms with E-state index >= 15 is 0 Å². The Morgan fingerprint density at radius 3 is 2.80 bits per heavy atom. The minimum atomic E-state index is -0.216. The van der Waals surface area contributed by atoms with Crippen molar-refractivity contribution in [2.45, 2.75) is 46.1 Å². The Labute approximate surface area is 119 Å². The Bertz CT molecular complexity index is 647. The highest BCUT2D eigenvalue weighted by atomic mass is 19.1. The van der Waals surface area contributed by atoms with E-state index in [0.717, 1.165) is 11.9 Å². The molecule has 3 nitrogen and oxygen atoms in total. The van der Waals surface area contributed by atoms with Gasteiger partial charge in [0.1, 0.15) is 5.82 Å². The fourth-order valence-electron chi connectivity index (χ4n) is 3.51. The highest BCUT2D eigenvalue weighted by molar-refractivity contribution is 5.79. The van der Waals surface area contributed by atoms with Crippen LogP contribution in [0.15, 0.2) is 12.1 Å². The zero-order valence-corrected chi connectivity index (χ0v) is 12.4. The molecule has 2 N–H and O–H groups in total. The van der Waals surface area contributed by atoms with E-state index in [2.05, 4.69) is 23.4 Å². The lowest BCUT2D eigenvalue weighted by Gasteiger charge is -2.35. The highest BCUT2D eigenvalue weighted by Crippen LogP contribution is 2.40. The van der Waals surface area contributed by atoms with Crippen LogP contribution in [-0.4, -0.2) is 9.55 Å². The van der Waals surface area contributed by atoms with Gasteiger partial charge in [-0.15, -0.1) is 0 Å². The standard InChI is InChI=1S/C16H22FN3/c1-9-5-4-6-14(11(9)3)20-15-7-10(2)12(17)8-13(15)19-16(20)18/h7-9,11,14H,4-6H2,1-3H3,(H2,18,19). The summed E-state index contributed by atoms with van der Waals surface area (Å²) >= 11 is 0. The van der Waals surface area contributed by atoms with Gasteiger partial charge in [-0.2, -0.15) is 0 Å². The number of halogens is 1. The van der Waals surface area contributed by atoms with Gasteiger partial charge in [-0.3, -0.25) is 0 Å². The molecule has 3 atom stereocenters. The van der Waals surface area contributed by atoms with Crippen LogP contribution < -0.4 is 5.73 Å². The average molecular weight is 275 g/mol. The normalized spacial score (nSPS) is 27.1. The van der Waals surface area contributed by atoms with E-state index in [9.17, 15) is 4.39 Å². The zero-order chi connectivity index (χ0) is 14.4. The van der Waals surface area contributed by atoms with Crippen LogP contribution in [0.5, 0.6) is 0 Å². The van der Waals surface area contributed by atoms with E-state index in [0.29, 0.717) is 34.9 Å². The average Bonchev–Trinajstić information content (AvgIpc) is 2.69. The van der Waals surface area contributed by atoms with Gasteiger partial charge in [0.25, 0.3) is 0 Å². The van der Waals surface area contributed by atoms with E-state index in [1.165, 1.54) is 18.9 Å². The van der Waals surface area contributed by atoms with Gasteiger partial charge in [0, 0.05) is 12.1 Å². The van der Waals surface area contributed by atoms with Crippen molar-refractivity contribution < 1.29 is 4.39 Å². The first-order chi connectivity index (χ1) is 9.49. The van der Waals surface area contributed by atoms with Gasteiger partial charge in [-0.05, 0) is 36.8 Å². The second kappa shape index (κ2) is 4.76. The molecule has 3 unspecified atom stereocenters. The number of nitrogen functional groups attached to an aromatic ring is 1. The fraction of sp³-hybridized carbons (Fsp3) is 0.562. The molecule has 1 fully saturated rings. The van der Waals surface area contributed by atoms with Crippen LogP contribution in [0.4, 0.5) is 10.3 Å². The number of nitrogens with two attached hydrogens (primary N) is 1. The molecule has 0 spiro atoms. The third-order valence-corrected chi connectivity index (χ3v) is 4.99. The van der Waals surface area contributed by atoms with Gasteiger partial charge in [-0.25, -0.2) is 9.37 Å². The topological polar surface area (TPSA) is 43.8 Å². The molecule has 1 aliphatic carbocycles. The summed E-state index contributed by atoms with van der Waals surface area (Å²) in [5.41, 5.74) is 8.40. The number of anilines is 1. The van der Waals surface area contributed by atoms with E-state index in [1.54, 1.807) is 6.92 Å². The Morgan fingerprint density at radius 1 is 1.30 bits per heavy atom. The number of fused-ring (bicyclic) bond motifs is 1. The molecule has 2 aromatic rings. The molecular weight excluding hydrogens is 253 g/mol. The summed E-state index contributed by atoms with van der Waals surface area (Å²) in [6, 6.07) is 3.74. The lowest BCUT2D eigenvalue weighted by atomic mass is 9.78. The van der Waals surface area contributed by atoms with Crippen molar-refractivity contribution in [1.29, 1.82) is 0 Å². The Morgan fingerprint density at radius 2 is 2.05 bits per heavy atom. The maximum absolute atomic E-state index is 13.7. The number of hydrogen-bond acceptors (Lipinski definition) is 2. The van der Waals surface area contributed by atoms with Crippen molar-refractivity contribution in [3.05, 3.63) is 23.5 Å². The van der Waals surface area contributed by atoms with E-state index < -0.39 is 0 Å². The van der Waals surface area contributed by atoms with Gasteiger partial charge in [-0.1, -0.05) is 26.7 Å². The van der Waals surface area contributed by atoms with E-state index in [-0.39, 0.29) is 5.82 Å². The largest absolute Gasteiger partial charge is 0.369 e. The molecule has 20 heavy (non-hydrogen) atoms. The predicted octanol–water partition coefficient (Wildman–Crippen LogP) is 4.06. The summed E-state index contributed by atoms with van der Waals surface area (Å²) in [6.45, 7) is 6.38. The SMILES string of the molecule is Cc1cc2c(cc1F)nc(N)n2C1CCCC(C)C1C. The second-order valence-electron chi connectivity index (χ2n) is 6.26. The quantitative estimate of drug-likeness (QED) is 0.852. The van der Waals surface area contributed by atoms with Gasteiger partial charge in [0.2, 0.25) is 5.95 Å². The molecule has 1 aromatic heterocycles. The van der Waals surface area contributed by atoms with E-state index in [4.69, 9.17) is 5.73 Å². The van der Waals surface area contributed by atoms with Gasteiger partial charge in [0.15, 0.2) is 0 Å². The van der Waals surface area contributed by atoms with Crippen LogP contribution in [0.2, 0.25) is 0 Å². The van der Waals surface area contributed by atoms with Crippen molar-refractivity contribution >= 4 is 17.0 Å². The molecule has 1 aromatic carbocycles. The first-order valence-electron chi connectivity index (χ1n) is 7.42. The molecule has 3 rings (SSSR count). The summed E-state index contributed by atoms with van der Waals surface area (Å²) < 4.78 is 15.8. The zero-order valence-electron chi connectivity index (χ0n) is 12.4. The number of benzene rings is 1. The molecule has 0 bridgehead atoms. The van der Waals surface area contributed by atoms with Crippen molar-refractivity contribution in [2.75, 3.05) is 5.73 Å². The third-order valence-electron chi connectivity index (χ3n) is 4.99. The van der Waals surface area contributed by atoms with Crippen LogP contribution >= 0.6 is 0 Å². The number of hydrogen-bond donors (Lipinski definition) is 1. The lowest BCUT2D eigenvalue weighted by molar-refractivity contribution is 0.191.